The Morgan fingerprint density at radius 2 is 0.487 bits per heavy atom. The van der Waals surface area contributed by atoms with Gasteiger partial charge in [-0.2, -0.15) is 0 Å². The van der Waals surface area contributed by atoms with Crippen LogP contribution in [0, 0.1) is 40.5 Å². The minimum atomic E-state index is -1.12. The lowest BCUT2D eigenvalue weighted by atomic mass is 10.1. The molecule has 9 amide bonds. The Morgan fingerprint density at radius 3 is 0.718 bits per heavy atom. The van der Waals surface area contributed by atoms with Crippen LogP contribution in [0.5, 0.6) is 0 Å². The van der Waals surface area contributed by atoms with Crippen LogP contribution in [0.25, 0.3) is 0 Å². The molecule has 0 bridgehead atoms. The summed E-state index contributed by atoms with van der Waals surface area (Å²) >= 11 is 0. The average Bonchev–Trinajstić information content (AvgIpc) is 0.854. The molecule has 0 radical (unpaired) electrons. The summed E-state index contributed by atoms with van der Waals surface area (Å²) in [5, 5.41) is 53.8. The van der Waals surface area contributed by atoms with Gasteiger partial charge in [-0.1, -0.05) is 224 Å². The van der Waals surface area contributed by atoms with E-state index in [4.69, 9.17) is 5.73 Å². The maximum atomic E-state index is 16.0. The number of para-hydroxylation sites is 4. The monoisotopic (exact) mass is 1590 g/mol. The third kappa shape index (κ3) is 23.7. The van der Waals surface area contributed by atoms with Crippen molar-refractivity contribution in [1.29, 1.82) is 0 Å². The lowest BCUT2D eigenvalue weighted by Crippen LogP contribution is -2.53. The third-order valence-corrected chi connectivity index (χ3v) is 20.3. The Morgan fingerprint density at radius 1 is 0.282 bits per heavy atom. The Labute approximate surface area is 675 Å². The van der Waals surface area contributed by atoms with E-state index < -0.39 is 193 Å². The molecule has 0 aliphatic heterocycles. The Bertz CT molecular complexity index is 5030. The first-order valence-corrected chi connectivity index (χ1v) is 37.5. The topological polar surface area (TPSA) is 390 Å². The number of hydrogen-bond acceptors (Lipinski definition) is 18. The highest BCUT2D eigenvalue weighted by Crippen LogP contribution is 2.31. The van der Waals surface area contributed by atoms with Crippen molar-refractivity contribution in [3.63, 3.8) is 0 Å². The second kappa shape index (κ2) is 41.5. The summed E-state index contributed by atoms with van der Waals surface area (Å²) in [7, 11) is 0. The number of nitro benzene ring substituents is 4. The van der Waals surface area contributed by atoms with Crippen molar-refractivity contribution in [2.24, 2.45) is 5.73 Å². The van der Waals surface area contributed by atoms with Gasteiger partial charge in [0.25, 0.3) is 22.7 Å². The number of nitrogens with two attached hydrogens (primary N) is 1. The van der Waals surface area contributed by atoms with Crippen LogP contribution in [0.4, 0.5) is 22.7 Å². The van der Waals surface area contributed by atoms with E-state index in [0.29, 0.717) is 22.3 Å². The molecule has 0 heterocycles. The van der Waals surface area contributed by atoms with Crippen molar-refractivity contribution in [3.05, 3.63) is 339 Å². The van der Waals surface area contributed by atoms with Crippen LogP contribution in [-0.2, 0) is 69.3 Å². The van der Waals surface area contributed by atoms with E-state index in [1.165, 1.54) is 97.1 Å². The van der Waals surface area contributed by atoms with E-state index in [2.05, 4.69) is 5.32 Å². The number of amides is 9. The summed E-state index contributed by atoms with van der Waals surface area (Å²) in [4.78, 5) is 193. The van der Waals surface area contributed by atoms with Crippen molar-refractivity contribution in [2.45, 2.75) is 91.0 Å². The second-order valence-corrected chi connectivity index (χ2v) is 28.0. The summed E-state index contributed by atoms with van der Waals surface area (Å²) < 4.78 is 0. The van der Waals surface area contributed by atoms with Gasteiger partial charge in [-0.05, 0) is 62.4 Å². The van der Waals surface area contributed by atoms with E-state index in [9.17, 15) is 54.8 Å². The summed E-state index contributed by atoms with van der Waals surface area (Å²) in [6.07, 6.45) is 0. The zero-order chi connectivity index (χ0) is 84.4. The Balaban J connectivity index is 1.10. The van der Waals surface area contributed by atoms with E-state index >= 15 is 28.8 Å². The predicted octanol–water partition coefficient (Wildman–Crippen LogP) is 10.9. The first-order valence-electron chi connectivity index (χ1n) is 37.5. The molecule has 9 aromatic carbocycles. The molecule has 117 heavy (non-hydrogen) atoms. The van der Waals surface area contributed by atoms with Crippen LogP contribution in [0.15, 0.2) is 249 Å². The number of nitrogens with one attached hydrogen (secondary N) is 1. The summed E-state index contributed by atoms with van der Waals surface area (Å²) in [6, 6.07) is 60.3. The van der Waals surface area contributed by atoms with Crippen molar-refractivity contribution >= 4 is 75.9 Å². The highest BCUT2D eigenvalue weighted by atomic mass is 16.6. The van der Waals surface area contributed by atoms with Crippen molar-refractivity contribution in [2.75, 3.05) is 58.9 Å². The lowest BCUT2D eigenvalue weighted by molar-refractivity contribution is -0.385. The Kier molecular flexibility index (Phi) is 30.8. The quantitative estimate of drug-likeness (QED) is 0.0266. The summed E-state index contributed by atoms with van der Waals surface area (Å²) in [5.74, 6) is -8.14. The molecule has 0 saturated carbocycles. The van der Waals surface area contributed by atoms with Crippen LogP contribution in [0.2, 0.25) is 0 Å². The summed E-state index contributed by atoms with van der Waals surface area (Å²) in [5.41, 5.74) is 6.67. The van der Waals surface area contributed by atoms with Crippen molar-refractivity contribution in [1.82, 2.24) is 44.5 Å². The van der Waals surface area contributed by atoms with Gasteiger partial charge in [0.2, 0.25) is 53.2 Å². The molecule has 0 spiro atoms. The molecule has 31 nitrogen and oxygen atoms in total. The molecule has 9 rings (SSSR count). The molecule has 0 aliphatic carbocycles. The molecule has 0 aromatic heterocycles. The van der Waals surface area contributed by atoms with E-state index in [0.717, 1.165) is 44.8 Å². The van der Waals surface area contributed by atoms with Gasteiger partial charge < -0.3 is 50.2 Å². The number of primary amides is 1. The van der Waals surface area contributed by atoms with Gasteiger partial charge in [0.05, 0.1) is 83.1 Å². The van der Waals surface area contributed by atoms with E-state index in [1.807, 2.05) is 37.3 Å². The maximum Gasteiger partial charge on any atom is 0.274 e. The molecule has 606 valence electrons. The van der Waals surface area contributed by atoms with Gasteiger partial charge in [0.1, 0.15) is 45.8 Å². The van der Waals surface area contributed by atoms with E-state index in [-0.39, 0.29) is 40.5 Å². The van der Waals surface area contributed by atoms with Crippen LogP contribution >= 0.6 is 0 Å². The molecule has 9 aromatic rings. The maximum absolute atomic E-state index is 16.0. The van der Waals surface area contributed by atoms with Crippen molar-refractivity contribution in [3.8, 4) is 0 Å². The normalized spacial score (nSPS) is 12.2. The van der Waals surface area contributed by atoms with Crippen LogP contribution < -0.4 is 11.1 Å². The summed E-state index contributed by atoms with van der Waals surface area (Å²) in [6.45, 7) is -1.45. The van der Waals surface area contributed by atoms with Crippen LogP contribution in [0.3, 0.4) is 0 Å². The minimum absolute atomic E-state index is 0.0219. The van der Waals surface area contributed by atoms with Gasteiger partial charge in [-0.25, -0.2) is 0 Å². The first kappa shape index (κ1) is 86.7. The highest BCUT2D eigenvalue weighted by molar-refractivity contribution is 5.94. The molecule has 31 heteroatoms. The molecular formula is C86H90N14O17. The molecule has 0 aliphatic rings. The molecule has 0 unspecified atom stereocenters. The van der Waals surface area contributed by atoms with Gasteiger partial charge >= 0.3 is 0 Å². The average molecular weight is 1590 g/mol. The number of carbonyl (C=O) groups is 9. The fourth-order valence-electron chi connectivity index (χ4n) is 13.6. The number of carbonyl (C=O) groups excluding carboxylic acids is 9. The highest BCUT2D eigenvalue weighted by Gasteiger charge is 2.38. The number of hydrogen-bond donors (Lipinski definition) is 2. The molecule has 0 saturated heterocycles. The van der Waals surface area contributed by atoms with Gasteiger partial charge in [-0.3, -0.25) is 83.6 Å². The molecular weight excluding hydrogens is 1500 g/mol. The van der Waals surface area contributed by atoms with Crippen molar-refractivity contribution < 1.29 is 62.8 Å². The number of nitro groups is 4. The first-order chi connectivity index (χ1) is 56.1. The molecule has 0 fully saturated rings. The Hall–Kier alpha value is -14.2. The van der Waals surface area contributed by atoms with Gasteiger partial charge in [0.15, 0.2) is 0 Å². The number of benzene rings is 9. The van der Waals surface area contributed by atoms with Crippen LogP contribution in [-0.4, -0.2) is 171 Å². The van der Waals surface area contributed by atoms with Crippen LogP contribution in [0.1, 0.15) is 115 Å². The zero-order valence-electron chi connectivity index (χ0n) is 65.1. The zero-order valence-corrected chi connectivity index (χ0v) is 65.1. The van der Waals surface area contributed by atoms with E-state index in [1.54, 1.807) is 149 Å². The standard InChI is InChI=1S/C86H90N14O17/c1-60(65-29-11-6-12-30-65)88-47-79(102)89(48-70-39-21-25-43-74(70)97(110)111)53-84(107)94(62(3)67-33-15-8-16-34-67)57-81(104)91(50-72-41-23-27-45-76(72)99(114)115)55-86(109)96(64(5)69-37-19-10-20-38-69)59-82(105)92(51-73-42-24-28-46-77(73)100(116)117)56-85(108)95(63(4)68-35-17-9-18-36-68)58-80(103)90(49-71-40-22-26-44-75(71)98(112)113)54-83(106)93(52-78(87)101)61(2)66-31-13-7-14-32-66/h6-46,60-64,88H,47-59H2,1-5H3,(H2,87,101)/t60-,61-,62-,63-,64-/m0/s1. The largest absolute Gasteiger partial charge is 0.368 e. The van der Waals surface area contributed by atoms with Gasteiger partial charge in [0, 0.05) is 52.6 Å². The molecule has 3 N–H and O–H groups in total. The SMILES string of the molecule is C[C@H](NCC(=O)N(CC(=O)N(CC(=O)N(CC(=O)N(CC(=O)N(CC(=O)N(CC(=O)N(CC(=O)N(CC(N)=O)[C@@H](C)c1ccccc1)Cc1ccccc1[N+](=O)[O-])[C@@H](C)c1ccccc1)Cc1ccccc1[N+](=O)[O-])[C@@H](C)c1ccccc1)Cc1ccccc1[N+](=O)[O-])[C@@H](C)c1ccccc1)Cc1ccccc1[N+](=O)[O-])c1ccccc1. The fourth-order valence-corrected chi connectivity index (χ4v) is 13.6. The lowest BCUT2D eigenvalue weighted by Gasteiger charge is -2.36. The fraction of sp³-hybridized carbons (Fsp3) is 0.267. The smallest absolute Gasteiger partial charge is 0.274 e. The molecule has 5 atom stereocenters. The predicted molar refractivity (Wildman–Crippen MR) is 432 cm³/mol. The van der Waals surface area contributed by atoms with Gasteiger partial charge in [-0.15, -0.1) is 0 Å². The minimum Gasteiger partial charge on any atom is -0.368 e. The number of nitrogens with zero attached hydrogens (tertiary/aromatic N) is 12. The third-order valence-electron chi connectivity index (χ3n) is 20.3. The second-order valence-electron chi connectivity index (χ2n) is 28.0. The number of rotatable bonds is 40.